The number of hydrogen-bond acceptors (Lipinski definition) is 4. The molecule has 1 aromatic rings. The molecule has 0 aromatic carbocycles. The summed E-state index contributed by atoms with van der Waals surface area (Å²) in [5, 5.41) is 10.4. The van der Waals surface area contributed by atoms with Gasteiger partial charge in [0.2, 0.25) is 10.0 Å². The van der Waals surface area contributed by atoms with Gasteiger partial charge in [-0.15, -0.1) is 11.3 Å². The van der Waals surface area contributed by atoms with E-state index < -0.39 is 16.0 Å². The van der Waals surface area contributed by atoms with Crippen LogP contribution in [0.25, 0.3) is 0 Å². The number of nitrogens with one attached hydrogen (secondary N) is 1. The summed E-state index contributed by atoms with van der Waals surface area (Å²) in [6.07, 6.45) is 1.23. The van der Waals surface area contributed by atoms with Crippen LogP contribution in [0.4, 0.5) is 0 Å². The third-order valence-corrected chi connectivity index (χ3v) is 5.73. The van der Waals surface area contributed by atoms with Crippen LogP contribution in [-0.2, 0) is 14.8 Å². The molecule has 0 aliphatic rings. The quantitative estimate of drug-likeness (QED) is 0.772. The predicted octanol–water partition coefficient (Wildman–Crippen LogP) is 2.31. The van der Waals surface area contributed by atoms with E-state index in [9.17, 15) is 13.2 Å². The summed E-state index contributed by atoms with van der Waals surface area (Å²) in [5.74, 6) is -0.827. The number of carboxylic acids is 1. The fourth-order valence-electron chi connectivity index (χ4n) is 1.58. The van der Waals surface area contributed by atoms with Gasteiger partial charge in [-0.25, -0.2) is 13.1 Å². The van der Waals surface area contributed by atoms with Gasteiger partial charge in [0.25, 0.3) is 0 Å². The fraction of sp³-hybridized carbons (Fsp3) is 0.583. The summed E-state index contributed by atoms with van der Waals surface area (Å²) in [7, 11) is -3.42. The minimum Gasteiger partial charge on any atom is -0.481 e. The van der Waals surface area contributed by atoms with E-state index in [1.165, 1.54) is 11.3 Å². The molecule has 0 amide bonds. The molecule has 7 heteroatoms. The highest BCUT2D eigenvalue weighted by molar-refractivity contribution is 7.91. The van der Waals surface area contributed by atoms with Crippen molar-refractivity contribution in [1.82, 2.24) is 4.72 Å². The molecule has 0 spiro atoms. The molecule has 1 aromatic heterocycles. The van der Waals surface area contributed by atoms with Crippen molar-refractivity contribution in [3.8, 4) is 0 Å². The lowest BCUT2D eigenvalue weighted by Gasteiger charge is -2.23. The average Bonchev–Trinajstić information content (AvgIpc) is 2.80. The van der Waals surface area contributed by atoms with Crippen molar-refractivity contribution >= 4 is 27.3 Å². The fourth-order valence-corrected chi connectivity index (χ4v) is 3.65. The Kier molecular flexibility index (Phi) is 5.51. The van der Waals surface area contributed by atoms with Crippen molar-refractivity contribution in [2.75, 3.05) is 6.54 Å². The smallest absolute Gasteiger partial charge is 0.303 e. The third kappa shape index (κ3) is 5.71. The van der Waals surface area contributed by atoms with E-state index in [1.54, 1.807) is 17.5 Å². The molecule has 0 fully saturated rings. The monoisotopic (exact) mass is 305 g/mol. The van der Waals surface area contributed by atoms with Crippen LogP contribution in [0.15, 0.2) is 21.7 Å². The highest BCUT2D eigenvalue weighted by Gasteiger charge is 2.21. The largest absolute Gasteiger partial charge is 0.481 e. The van der Waals surface area contributed by atoms with Crippen LogP contribution in [0.1, 0.15) is 33.1 Å². The zero-order valence-electron chi connectivity index (χ0n) is 11.0. The molecule has 108 valence electrons. The van der Waals surface area contributed by atoms with Gasteiger partial charge in [-0.3, -0.25) is 4.79 Å². The SMILES string of the molecule is CC(C)(CCNS(=O)(=O)c1cccs1)CCC(=O)O. The first-order valence-electron chi connectivity index (χ1n) is 5.98. The molecule has 0 saturated carbocycles. The summed E-state index contributed by atoms with van der Waals surface area (Å²) in [5.41, 5.74) is -0.198. The number of rotatable bonds is 8. The third-order valence-electron chi connectivity index (χ3n) is 2.87. The van der Waals surface area contributed by atoms with Crippen LogP contribution in [-0.4, -0.2) is 26.0 Å². The second-order valence-corrected chi connectivity index (χ2v) is 8.08. The molecular formula is C12H19NO4S2. The van der Waals surface area contributed by atoms with Crippen LogP contribution >= 0.6 is 11.3 Å². The molecule has 5 nitrogen and oxygen atoms in total. The molecular weight excluding hydrogens is 286 g/mol. The Morgan fingerprint density at radius 2 is 2.11 bits per heavy atom. The Balaban J connectivity index is 2.43. The molecule has 0 radical (unpaired) electrons. The van der Waals surface area contributed by atoms with Gasteiger partial charge in [0.1, 0.15) is 4.21 Å². The van der Waals surface area contributed by atoms with Gasteiger partial charge in [-0.05, 0) is 29.7 Å². The van der Waals surface area contributed by atoms with Crippen molar-refractivity contribution in [1.29, 1.82) is 0 Å². The Bertz CT molecular complexity index is 506. The summed E-state index contributed by atoms with van der Waals surface area (Å²) in [6.45, 7) is 4.19. The van der Waals surface area contributed by atoms with E-state index in [0.717, 1.165) is 0 Å². The summed E-state index contributed by atoms with van der Waals surface area (Å²) in [4.78, 5) is 10.5. The molecule has 1 heterocycles. The van der Waals surface area contributed by atoms with Crippen molar-refractivity contribution < 1.29 is 18.3 Å². The van der Waals surface area contributed by atoms with Gasteiger partial charge < -0.3 is 5.11 Å². The van der Waals surface area contributed by atoms with Gasteiger partial charge >= 0.3 is 5.97 Å². The maximum absolute atomic E-state index is 11.9. The van der Waals surface area contributed by atoms with Crippen LogP contribution < -0.4 is 4.72 Å². The topological polar surface area (TPSA) is 83.5 Å². The number of thiophene rings is 1. The standard InChI is InChI=1S/C12H19NO4S2/c1-12(2,6-5-10(14)15)7-8-13-19(16,17)11-4-3-9-18-11/h3-4,9,13H,5-8H2,1-2H3,(H,14,15). The minimum atomic E-state index is -3.42. The predicted molar refractivity (Wildman–Crippen MR) is 74.8 cm³/mol. The van der Waals surface area contributed by atoms with Crippen LogP contribution in [0.5, 0.6) is 0 Å². The number of aliphatic carboxylic acids is 1. The second-order valence-electron chi connectivity index (χ2n) is 5.14. The first kappa shape index (κ1) is 16.1. The number of hydrogen-bond donors (Lipinski definition) is 2. The molecule has 2 N–H and O–H groups in total. The molecule has 0 aliphatic carbocycles. The van der Waals surface area contributed by atoms with E-state index in [2.05, 4.69) is 4.72 Å². The lowest BCUT2D eigenvalue weighted by atomic mass is 9.84. The van der Waals surface area contributed by atoms with E-state index in [4.69, 9.17) is 5.11 Å². The van der Waals surface area contributed by atoms with Gasteiger partial charge in [0.05, 0.1) is 0 Å². The van der Waals surface area contributed by atoms with Crippen LogP contribution in [0.2, 0.25) is 0 Å². The van der Waals surface area contributed by atoms with Crippen LogP contribution in [0.3, 0.4) is 0 Å². The summed E-state index contributed by atoms with van der Waals surface area (Å²) in [6, 6.07) is 3.25. The Hall–Kier alpha value is -0.920. The van der Waals surface area contributed by atoms with E-state index >= 15 is 0 Å². The lowest BCUT2D eigenvalue weighted by molar-refractivity contribution is -0.137. The van der Waals surface area contributed by atoms with E-state index in [1.807, 2.05) is 13.8 Å². The first-order valence-corrected chi connectivity index (χ1v) is 8.34. The van der Waals surface area contributed by atoms with Crippen molar-refractivity contribution in [2.24, 2.45) is 5.41 Å². The van der Waals surface area contributed by atoms with Crippen molar-refractivity contribution in [2.45, 2.75) is 37.3 Å². The minimum absolute atomic E-state index is 0.102. The normalized spacial score (nSPS) is 12.5. The molecule has 19 heavy (non-hydrogen) atoms. The Morgan fingerprint density at radius 1 is 1.42 bits per heavy atom. The highest BCUT2D eigenvalue weighted by Crippen LogP contribution is 2.26. The summed E-state index contributed by atoms with van der Waals surface area (Å²) >= 11 is 1.17. The summed E-state index contributed by atoms with van der Waals surface area (Å²) < 4.78 is 26.5. The van der Waals surface area contributed by atoms with E-state index in [-0.39, 0.29) is 11.8 Å². The number of carboxylic acid groups (broad SMARTS) is 1. The molecule has 0 aliphatic heterocycles. The second kappa shape index (κ2) is 6.49. The van der Waals surface area contributed by atoms with Gasteiger partial charge in [0, 0.05) is 13.0 Å². The Morgan fingerprint density at radius 3 is 2.63 bits per heavy atom. The maximum atomic E-state index is 11.9. The molecule has 1 rings (SSSR count). The molecule has 0 unspecified atom stereocenters. The maximum Gasteiger partial charge on any atom is 0.303 e. The van der Waals surface area contributed by atoms with Crippen molar-refractivity contribution in [3.05, 3.63) is 17.5 Å². The molecule has 0 bridgehead atoms. The zero-order valence-corrected chi connectivity index (χ0v) is 12.7. The Labute approximate surface area is 117 Å². The lowest BCUT2D eigenvalue weighted by Crippen LogP contribution is -2.28. The first-order chi connectivity index (χ1) is 8.73. The van der Waals surface area contributed by atoms with Crippen molar-refractivity contribution in [3.63, 3.8) is 0 Å². The number of carbonyl (C=O) groups is 1. The van der Waals surface area contributed by atoms with Crippen LogP contribution in [0, 0.1) is 5.41 Å². The van der Waals surface area contributed by atoms with Gasteiger partial charge in [-0.2, -0.15) is 0 Å². The molecule has 0 saturated heterocycles. The van der Waals surface area contributed by atoms with E-state index in [0.29, 0.717) is 23.6 Å². The zero-order chi connectivity index (χ0) is 14.5. The van der Waals surface area contributed by atoms with Gasteiger partial charge in [0.15, 0.2) is 0 Å². The number of sulfonamides is 1. The average molecular weight is 305 g/mol. The highest BCUT2D eigenvalue weighted by atomic mass is 32.2. The molecule has 0 atom stereocenters. The van der Waals surface area contributed by atoms with Gasteiger partial charge in [-0.1, -0.05) is 19.9 Å².